The van der Waals surface area contributed by atoms with Crippen molar-refractivity contribution in [2.24, 2.45) is 23.0 Å². The molecule has 3 heterocycles. The summed E-state index contributed by atoms with van der Waals surface area (Å²) in [4.78, 5) is 30.9. The van der Waals surface area contributed by atoms with Gasteiger partial charge in [-0.25, -0.2) is 4.98 Å². The van der Waals surface area contributed by atoms with Gasteiger partial charge in [0.05, 0.1) is 35.3 Å². The fraction of sp³-hybridized carbons (Fsp3) is 0.741. The summed E-state index contributed by atoms with van der Waals surface area (Å²) in [6.45, 7) is 7.63. The molecule has 2 aliphatic heterocycles. The molecule has 1 unspecified atom stereocenters. The van der Waals surface area contributed by atoms with Crippen LogP contribution < -0.4 is 5.73 Å². The number of ketones is 1. The second kappa shape index (κ2) is 10.8. The van der Waals surface area contributed by atoms with Crippen molar-refractivity contribution in [3.8, 4) is 0 Å². The molecule has 4 N–H and O–H groups in total. The summed E-state index contributed by atoms with van der Waals surface area (Å²) in [7, 11) is 1.57. The van der Waals surface area contributed by atoms with Crippen LogP contribution in [-0.4, -0.2) is 70.2 Å². The Balaban J connectivity index is 1.66. The molecule has 1 aliphatic carbocycles. The second-order valence-electron chi connectivity index (χ2n) is 11.4. The maximum absolute atomic E-state index is 13.2. The smallest absolute Gasteiger partial charge is 0.309 e. The SMILES string of the molecule is COC1[C@@H](/C(C)=C/c2csc(CN)n2)OC(=O)C[C@H](O)[C@]2(C)C[C@@H](CCC[C@@]3(C)O[C@@H]13)[C@H](O)[C@@H](C)C2=O. The number of aliphatic hydroxyl groups is 2. The molecule has 0 spiro atoms. The van der Waals surface area contributed by atoms with Crippen molar-refractivity contribution in [1.82, 2.24) is 4.98 Å². The van der Waals surface area contributed by atoms with E-state index in [-0.39, 0.29) is 24.2 Å². The molecule has 206 valence electrons. The number of carbonyl (C=O) groups is 2. The number of thiazole rings is 1. The molecule has 37 heavy (non-hydrogen) atoms. The highest BCUT2D eigenvalue weighted by molar-refractivity contribution is 7.09. The molecular weight excluding hydrogens is 496 g/mol. The first-order chi connectivity index (χ1) is 17.4. The number of aliphatic hydroxyl groups excluding tert-OH is 2. The van der Waals surface area contributed by atoms with Gasteiger partial charge < -0.3 is 30.2 Å². The van der Waals surface area contributed by atoms with Crippen LogP contribution in [-0.2, 0) is 30.3 Å². The summed E-state index contributed by atoms with van der Waals surface area (Å²) >= 11 is 1.46. The van der Waals surface area contributed by atoms with E-state index in [2.05, 4.69) is 4.98 Å². The standard InChI is InChI=1S/C27H40N2O7S/c1-14(9-17-13-37-19(12-28)29-17)22-23(34-5)25-27(4,36-25)8-6-7-16-11-26(3,18(30)10-20(31)35-22)24(33)15(2)21(16)32/h9,13,15-16,18,21-23,25,30,32H,6-8,10-12,28H2,1-5H3/b14-9+/t15-,16-,18+,21-,22-,23?,25+,26+,27-/m1/s1. The van der Waals surface area contributed by atoms with E-state index < -0.39 is 47.3 Å². The minimum atomic E-state index is -1.23. The number of hydrogen-bond donors (Lipinski definition) is 3. The molecule has 1 aromatic rings. The Morgan fingerprint density at radius 1 is 1.35 bits per heavy atom. The Kier molecular flexibility index (Phi) is 8.28. The average molecular weight is 537 g/mol. The number of nitrogens with zero attached hydrogens (tertiary/aromatic N) is 1. The maximum Gasteiger partial charge on any atom is 0.309 e. The van der Waals surface area contributed by atoms with E-state index in [1.165, 1.54) is 11.3 Å². The van der Waals surface area contributed by atoms with Crippen LogP contribution in [0.15, 0.2) is 11.0 Å². The van der Waals surface area contributed by atoms with Crippen LogP contribution in [0.1, 0.15) is 70.5 Å². The second-order valence-corrected chi connectivity index (χ2v) is 12.3. The molecular formula is C27H40N2O7S. The first kappa shape index (κ1) is 28.3. The molecule has 9 atom stereocenters. The van der Waals surface area contributed by atoms with Crippen LogP contribution in [0.5, 0.6) is 0 Å². The van der Waals surface area contributed by atoms with E-state index in [9.17, 15) is 19.8 Å². The number of esters is 1. The Morgan fingerprint density at radius 3 is 2.73 bits per heavy atom. The van der Waals surface area contributed by atoms with Gasteiger partial charge in [-0.15, -0.1) is 11.3 Å². The summed E-state index contributed by atoms with van der Waals surface area (Å²) in [5, 5.41) is 24.7. The lowest BCUT2D eigenvalue weighted by Crippen LogP contribution is -2.54. The quantitative estimate of drug-likeness (QED) is 0.391. The normalized spacial score (nSPS) is 41.5. The van der Waals surface area contributed by atoms with Gasteiger partial charge in [0.25, 0.3) is 0 Å². The lowest BCUT2D eigenvalue weighted by molar-refractivity contribution is -0.165. The highest BCUT2D eigenvalue weighted by atomic mass is 32.1. The van der Waals surface area contributed by atoms with Crippen molar-refractivity contribution in [1.29, 1.82) is 0 Å². The zero-order valence-corrected chi connectivity index (χ0v) is 23.1. The molecule has 9 nitrogen and oxygen atoms in total. The molecule has 3 aliphatic rings. The van der Waals surface area contributed by atoms with Crippen LogP contribution in [0.25, 0.3) is 6.08 Å². The van der Waals surface area contributed by atoms with Gasteiger partial charge in [0, 0.05) is 25.0 Å². The molecule has 2 saturated heterocycles. The topological polar surface area (TPSA) is 144 Å². The maximum atomic E-state index is 13.2. The van der Waals surface area contributed by atoms with Crippen LogP contribution in [0.2, 0.25) is 0 Å². The van der Waals surface area contributed by atoms with Crippen LogP contribution in [0, 0.1) is 17.3 Å². The van der Waals surface area contributed by atoms with Gasteiger partial charge in [-0.1, -0.05) is 20.3 Å². The van der Waals surface area contributed by atoms with Gasteiger partial charge in [-0.2, -0.15) is 0 Å². The summed E-state index contributed by atoms with van der Waals surface area (Å²) < 4.78 is 18.0. The number of epoxide rings is 1. The Labute approximate surface area is 222 Å². The summed E-state index contributed by atoms with van der Waals surface area (Å²) in [6, 6.07) is 0. The van der Waals surface area contributed by atoms with Crippen molar-refractivity contribution in [3.63, 3.8) is 0 Å². The third-order valence-corrected chi connectivity index (χ3v) is 9.53. The predicted octanol–water partition coefficient (Wildman–Crippen LogP) is 2.62. The number of carbonyl (C=O) groups excluding carboxylic acids is 2. The van der Waals surface area contributed by atoms with E-state index in [0.717, 1.165) is 23.4 Å². The van der Waals surface area contributed by atoms with Gasteiger partial charge in [0.1, 0.15) is 23.0 Å². The molecule has 2 bridgehead atoms. The number of methoxy groups -OCH3 is 1. The highest BCUT2D eigenvalue weighted by Crippen LogP contribution is 2.48. The molecule has 1 aromatic heterocycles. The first-order valence-electron chi connectivity index (χ1n) is 13.1. The first-order valence-corrected chi connectivity index (χ1v) is 13.9. The van der Waals surface area contributed by atoms with Crippen molar-refractivity contribution >= 4 is 29.2 Å². The predicted molar refractivity (Wildman–Crippen MR) is 138 cm³/mol. The van der Waals surface area contributed by atoms with E-state index in [1.54, 1.807) is 21.0 Å². The van der Waals surface area contributed by atoms with E-state index >= 15 is 0 Å². The monoisotopic (exact) mass is 536 g/mol. The molecule has 4 rings (SSSR count). The largest absolute Gasteiger partial charge is 0.455 e. The number of fused-ring (bicyclic) bond motifs is 3. The number of Topliss-reactive ketones (excluding diaryl/α,β-unsaturated/α-hetero) is 1. The molecule has 3 fully saturated rings. The Morgan fingerprint density at radius 2 is 2.08 bits per heavy atom. The average Bonchev–Trinajstić information content (AvgIpc) is 3.29. The zero-order valence-electron chi connectivity index (χ0n) is 22.3. The van der Waals surface area contributed by atoms with Gasteiger partial charge in [0.15, 0.2) is 6.10 Å². The summed E-state index contributed by atoms with van der Waals surface area (Å²) in [6.07, 6.45) is 0.420. The van der Waals surface area contributed by atoms with Gasteiger partial charge >= 0.3 is 5.97 Å². The van der Waals surface area contributed by atoms with Crippen molar-refractivity contribution in [2.75, 3.05) is 7.11 Å². The number of hydrogen-bond acceptors (Lipinski definition) is 10. The number of ether oxygens (including phenoxy) is 3. The lowest BCUT2D eigenvalue weighted by Gasteiger charge is -2.45. The fourth-order valence-corrected chi connectivity index (χ4v) is 6.84. The number of rotatable bonds is 4. The zero-order chi connectivity index (χ0) is 27.1. The van der Waals surface area contributed by atoms with E-state index in [1.807, 2.05) is 25.3 Å². The lowest BCUT2D eigenvalue weighted by atomic mass is 9.60. The molecule has 0 amide bonds. The Hall–Kier alpha value is -1.69. The van der Waals surface area contributed by atoms with Gasteiger partial charge in [0.2, 0.25) is 0 Å². The van der Waals surface area contributed by atoms with E-state index in [0.29, 0.717) is 25.1 Å². The summed E-state index contributed by atoms with van der Waals surface area (Å²) in [5.74, 6) is -1.62. The van der Waals surface area contributed by atoms with Crippen LogP contribution >= 0.6 is 11.3 Å². The third kappa shape index (κ3) is 5.55. The van der Waals surface area contributed by atoms with Crippen LogP contribution in [0.4, 0.5) is 0 Å². The molecule has 0 aromatic carbocycles. The molecule has 1 saturated carbocycles. The molecule has 0 radical (unpaired) electrons. The van der Waals surface area contributed by atoms with Gasteiger partial charge in [-0.05, 0) is 50.7 Å². The number of nitrogens with two attached hydrogens (primary N) is 1. The van der Waals surface area contributed by atoms with E-state index in [4.69, 9.17) is 19.9 Å². The Bertz CT molecular complexity index is 1040. The van der Waals surface area contributed by atoms with Crippen LogP contribution in [0.3, 0.4) is 0 Å². The highest BCUT2D eigenvalue weighted by Gasteiger charge is 2.59. The van der Waals surface area contributed by atoms with Crippen molar-refractivity contribution < 1.29 is 34.0 Å². The van der Waals surface area contributed by atoms with Crippen molar-refractivity contribution in [2.45, 2.75) is 102 Å². The van der Waals surface area contributed by atoms with Crippen molar-refractivity contribution in [3.05, 3.63) is 21.7 Å². The fourth-order valence-electron chi connectivity index (χ4n) is 6.21. The van der Waals surface area contributed by atoms with Gasteiger partial charge in [-0.3, -0.25) is 9.59 Å². The summed E-state index contributed by atoms with van der Waals surface area (Å²) in [5.41, 5.74) is 5.55. The number of aromatic nitrogens is 1. The minimum Gasteiger partial charge on any atom is -0.455 e. The molecule has 10 heteroatoms. The third-order valence-electron chi connectivity index (χ3n) is 8.64. The number of cyclic esters (lactones) is 1. The minimum absolute atomic E-state index is 0.153.